The highest BCUT2D eigenvalue weighted by molar-refractivity contribution is 5.03. The van der Waals surface area contributed by atoms with Crippen LogP contribution in [0.1, 0.15) is 27.2 Å². The quantitative estimate of drug-likeness (QED) is 0.578. The summed E-state index contributed by atoms with van der Waals surface area (Å²) in [6.07, 6.45) is 1.51. The molecule has 1 atom stereocenters. The van der Waals surface area contributed by atoms with Gasteiger partial charge in [-0.3, -0.25) is 4.90 Å². The van der Waals surface area contributed by atoms with E-state index in [-0.39, 0.29) is 0 Å². The van der Waals surface area contributed by atoms with Gasteiger partial charge < -0.3 is 10.1 Å². The number of rotatable bonds is 5. The van der Waals surface area contributed by atoms with Crippen LogP contribution in [0.15, 0.2) is 0 Å². The molecule has 3 nitrogen and oxygen atoms in total. The maximum absolute atomic E-state index is 5.73. The standard InChI is InChI=1S/C14H26N2O/c1-4-7-15-11-14-12-16(9-10-17-14)8-5-6-13(2)3/h13-15H,4,7-12H2,1-3H3. The van der Waals surface area contributed by atoms with Crippen LogP contribution < -0.4 is 5.32 Å². The van der Waals surface area contributed by atoms with Gasteiger partial charge in [-0.25, -0.2) is 0 Å². The summed E-state index contributed by atoms with van der Waals surface area (Å²) < 4.78 is 5.73. The van der Waals surface area contributed by atoms with Crippen molar-refractivity contribution in [3.05, 3.63) is 0 Å². The van der Waals surface area contributed by atoms with E-state index >= 15 is 0 Å². The summed E-state index contributed by atoms with van der Waals surface area (Å²) in [6, 6.07) is 0. The lowest BCUT2D eigenvalue weighted by molar-refractivity contribution is -0.0223. The number of morpholine rings is 1. The molecule has 1 aliphatic heterocycles. The molecule has 0 aliphatic carbocycles. The fourth-order valence-corrected chi connectivity index (χ4v) is 1.85. The Morgan fingerprint density at radius 3 is 3.00 bits per heavy atom. The van der Waals surface area contributed by atoms with Gasteiger partial charge in [0.2, 0.25) is 0 Å². The molecule has 1 unspecified atom stereocenters. The molecule has 0 spiro atoms. The maximum Gasteiger partial charge on any atom is 0.0827 e. The Morgan fingerprint density at radius 2 is 2.29 bits per heavy atom. The molecule has 0 aromatic carbocycles. The van der Waals surface area contributed by atoms with Gasteiger partial charge in [0, 0.05) is 25.6 Å². The third kappa shape index (κ3) is 6.68. The van der Waals surface area contributed by atoms with Gasteiger partial charge in [0.05, 0.1) is 19.3 Å². The van der Waals surface area contributed by atoms with Gasteiger partial charge in [-0.15, -0.1) is 0 Å². The van der Waals surface area contributed by atoms with Crippen LogP contribution >= 0.6 is 0 Å². The van der Waals surface area contributed by atoms with Crippen molar-refractivity contribution < 1.29 is 4.74 Å². The Morgan fingerprint density at radius 1 is 1.47 bits per heavy atom. The second-order valence-electron chi connectivity index (χ2n) is 4.91. The predicted molar refractivity (Wildman–Crippen MR) is 72.0 cm³/mol. The number of hydrogen-bond acceptors (Lipinski definition) is 3. The van der Waals surface area contributed by atoms with Gasteiger partial charge in [-0.05, 0) is 13.0 Å². The van der Waals surface area contributed by atoms with Gasteiger partial charge in [0.15, 0.2) is 0 Å². The second-order valence-corrected chi connectivity index (χ2v) is 4.91. The van der Waals surface area contributed by atoms with Gasteiger partial charge in [-0.2, -0.15) is 0 Å². The normalized spacial score (nSPS) is 21.3. The number of hydrogen-bond donors (Lipinski definition) is 1. The smallest absolute Gasteiger partial charge is 0.0827 e. The molecule has 17 heavy (non-hydrogen) atoms. The van der Waals surface area contributed by atoms with E-state index in [0.29, 0.717) is 12.0 Å². The van der Waals surface area contributed by atoms with Crippen LogP contribution in [0.4, 0.5) is 0 Å². The lowest BCUT2D eigenvalue weighted by Crippen LogP contribution is -2.46. The highest BCUT2D eigenvalue weighted by Crippen LogP contribution is 2.03. The molecular weight excluding hydrogens is 212 g/mol. The first-order valence-electron chi connectivity index (χ1n) is 6.75. The number of nitrogens with one attached hydrogen (secondary N) is 1. The zero-order valence-corrected chi connectivity index (χ0v) is 11.5. The zero-order chi connectivity index (χ0) is 12.5. The van der Waals surface area contributed by atoms with E-state index in [1.54, 1.807) is 0 Å². The number of nitrogens with zero attached hydrogens (tertiary/aromatic N) is 1. The Kier molecular flexibility index (Phi) is 7.27. The van der Waals surface area contributed by atoms with E-state index in [2.05, 4.69) is 42.8 Å². The van der Waals surface area contributed by atoms with Crippen molar-refractivity contribution in [3.8, 4) is 11.8 Å². The molecular formula is C14H26N2O. The van der Waals surface area contributed by atoms with Crippen LogP contribution in [-0.4, -0.2) is 50.3 Å². The summed E-state index contributed by atoms with van der Waals surface area (Å²) in [5, 5.41) is 3.41. The minimum absolute atomic E-state index is 0.330. The summed E-state index contributed by atoms with van der Waals surface area (Å²) >= 11 is 0. The zero-order valence-electron chi connectivity index (χ0n) is 11.5. The van der Waals surface area contributed by atoms with Crippen LogP contribution in [0, 0.1) is 17.8 Å². The summed E-state index contributed by atoms with van der Waals surface area (Å²) in [4.78, 5) is 2.39. The molecule has 3 heteroatoms. The molecule has 1 rings (SSSR count). The first kappa shape index (κ1) is 14.5. The summed E-state index contributed by atoms with van der Waals surface area (Å²) in [5.74, 6) is 6.92. The summed E-state index contributed by atoms with van der Waals surface area (Å²) in [6.45, 7) is 12.2. The fourth-order valence-electron chi connectivity index (χ4n) is 1.85. The topological polar surface area (TPSA) is 24.5 Å². The summed E-state index contributed by atoms with van der Waals surface area (Å²) in [5.41, 5.74) is 0. The molecule has 0 saturated carbocycles. The average Bonchev–Trinajstić information content (AvgIpc) is 2.29. The molecule has 0 radical (unpaired) electrons. The first-order chi connectivity index (χ1) is 8.22. The third-order valence-electron chi connectivity index (χ3n) is 2.72. The van der Waals surface area contributed by atoms with E-state index < -0.39 is 0 Å². The van der Waals surface area contributed by atoms with E-state index in [1.807, 2.05) is 0 Å². The van der Waals surface area contributed by atoms with Gasteiger partial charge >= 0.3 is 0 Å². The lowest BCUT2D eigenvalue weighted by atomic mass is 10.2. The van der Waals surface area contributed by atoms with Crippen LogP contribution in [0.3, 0.4) is 0 Å². The SMILES string of the molecule is CCCNCC1CN(CC#CC(C)C)CCO1. The molecule has 0 bridgehead atoms. The Labute approximate surface area is 106 Å². The highest BCUT2D eigenvalue weighted by Gasteiger charge is 2.18. The van der Waals surface area contributed by atoms with E-state index in [9.17, 15) is 0 Å². The van der Waals surface area contributed by atoms with Gasteiger partial charge in [-0.1, -0.05) is 32.6 Å². The van der Waals surface area contributed by atoms with Crippen molar-refractivity contribution >= 4 is 0 Å². The van der Waals surface area contributed by atoms with Crippen molar-refractivity contribution in [1.29, 1.82) is 0 Å². The highest BCUT2D eigenvalue weighted by atomic mass is 16.5. The third-order valence-corrected chi connectivity index (χ3v) is 2.72. The van der Waals surface area contributed by atoms with E-state index in [4.69, 9.17) is 4.74 Å². The molecule has 0 aromatic heterocycles. The minimum Gasteiger partial charge on any atom is -0.374 e. The van der Waals surface area contributed by atoms with Crippen molar-refractivity contribution in [2.24, 2.45) is 5.92 Å². The molecule has 1 N–H and O–H groups in total. The van der Waals surface area contributed by atoms with Crippen LogP contribution in [-0.2, 0) is 4.74 Å². The van der Waals surface area contributed by atoms with Crippen molar-refractivity contribution in [2.75, 3.05) is 39.3 Å². The second kappa shape index (κ2) is 8.52. The Hall–Kier alpha value is -0.560. The van der Waals surface area contributed by atoms with Crippen LogP contribution in [0.2, 0.25) is 0 Å². The van der Waals surface area contributed by atoms with Crippen LogP contribution in [0.5, 0.6) is 0 Å². The van der Waals surface area contributed by atoms with Crippen molar-refractivity contribution in [2.45, 2.75) is 33.3 Å². The van der Waals surface area contributed by atoms with Crippen molar-refractivity contribution in [3.63, 3.8) is 0 Å². The van der Waals surface area contributed by atoms with Crippen molar-refractivity contribution in [1.82, 2.24) is 10.2 Å². The Bertz CT molecular complexity index is 255. The molecule has 1 aliphatic rings. The summed E-state index contributed by atoms with van der Waals surface area (Å²) in [7, 11) is 0. The molecule has 98 valence electrons. The fraction of sp³-hybridized carbons (Fsp3) is 0.857. The van der Waals surface area contributed by atoms with Crippen LogP contribution in [0.25, 0.3) is 0 Å². The molecule has 1 heterocycles. The molecule has 0 aromatic rings. The lowest BCUT2D eigenvalue weighted by Gasteiger charge is -2.31. The molecule has 0 amide bonds. The molecule has 1 fully saturated rings. The Balaban J connectivity index is 2.22. The first-order valence-corrected chi connectivity index (χ1v) is 6.75. The predicted octanol–water partition coefficient (Wildman–Crippen LogP) is 1.35. The number of ether oxygens (including phenoxy) is 1. The largest absolute Gasteiger partial charge is 0.374 e. The van der Waals surface area contributed by atoms with Gasteiger partial charge in [0.25, 0.3) is 0 Å². The maximum atomic E-state index is 5.73. The van der Waals surface area contributed by atoms with Gasteiger partial charge in [0.1, 0.15) is 0 Å². The molecule has 1 saturated heterocycles. The average molecular weight is 238 g/mol. The van der Waals surface area contributed by atoms with E-state index in [1.165, 1.54) is 6.42 Å². The van der Waals surface area contributed by atoms with E-state index in [0.717, 1.165) is 39.3 Å². The minimum atomic E-state index is 0.330. The monoisotopic (exact) mass is 238 g/mol.